The SMILES string of the molecule is O=C(NCc1cccs1)c1cccc(OCc2cn3ccccc3n2)c1. The summed E-state index contributed by atoms with van der Waals surface area (Å²) in [5, 5.41) is 4.92. The maximum atomic E-state index is 12.3. The van der Waals surface area contributed by atoms with E-state index in [0.717, 1.165) is 16.2 Å². The average Bonchev–Trinajstić information content (AvgIpc) is 3.33. The highest BCUT2D eigenvalue weighted by atomic mass is 32.1. The van der Waals surface area contributed by atoms with E-state index in [-0.39, 0.29) is 5.91 Å². The minimum absolute atomic E-state index is 0.114. The van der Waals surface area contributed by atoms with E-state index in [4.69, 9.17) is 4.74 Å². The zero-order valence-corrected chi connectivity index (χ0v) is 14.8. The molecule has 0 aliphatic heterocycles. The summed E-state index contributed by atoms with van der Waals surface area (Å²) >= 11 is 1.62. The second kappa shape index (κ2) is 7.41. The molecule has 130 valence electrons. The molecule has 6 heteroatoms. The summed E-state index contributed by atoms with van der Waals surface area (Å²) in [5.41, 5.74) is 2.30. The fourth-order valence-corrected chi connectivity index (χ4v) is 3.27. The third-order valence-corrected chi connectivity index (χ3v) is 4.78. The second-order valence-corrected chi connectivity index (χ2v) is 6.81. The van der Waals surface area contributed by atoms with Crippen molar-refractivity contribution in [1.82, 2.24) is 14.7 Å². The summed E-state index contributed by atoms with van der Waals surface area (Å²) in [6, 6.07) is 17.0. The van der Waals surface area contributed by atoms with E-state index in [9.17, 15) is 4.79 Å². The number of amides is 1. The highest BCUT2D eigenvalue weighted by Crippen LogP contribution is 2.16. The molecule has 0 atom stereocenters. The molecule has 3 aromatic heterocycles. The first-order valence-electron chi connectivity index (χ1n) is 8.24. The van der Waals surface area contributed by atoms with E-state index in [1.807, 2.05) is 64.6 Å². The molecule has 1 N–H and O–H groups in total. The zero-order valence-electron chi connectivity index (χ0n) is 14.0. The van der Waals surface area contributed by atoms with Crippen LogP contribution >= 0.6 is 11.3 Å². The van der Waals surface area contributed by atoms with Crippen LogP contribution in [0.25, 0.3) is 5.65 Å². The van der Waals surface area contributed by atoms with Crippen molar-refractivity contribution in [2.75, 3.05) is 0 Å². The maximum Gasteiger partial charge on any atom is 0.251 e. The van der Waals surface area contributed by atoms with Gasteiger partial charge in [0.2, 0.25) is 0 Å². The molecule has 4 aromatic rings. The number of benzene rings is 1. The molecule has 4 rings (SSSR count). The van der Waals surface area contributed by atoms with Crippen LogP contribution in [0.4, 0.5) is 0 Å². The van der Waals surface area contributed by atoms with E-state index in [2.05, 4.69) is 10.3 Å². The molecule has 1 amide bonds. The van der Waals surface area contributed by atoms with Crippen molar-refractivity contribution < 1.29 is 9.53 Å². The topological polar surface area (TPSA) is 55.6 Å². The number of carbonyl (C=O) groups is 1. The monoisotopic (exact) mass is 363 g/mol. The Balaban J connectivity index is 1.39. The number of rotatable bonds is 6. The van der Waals surface area contributed by atoms with E-state index in [1.165, 1.54) is 0 Å². The van der Waals surface area contributed by atoms with Crippen LogP contribution in [0.1, 0.15) is 20.9 Å². The number of thiophene rings is 1. The van der Waals surface area contributed by atoms with Gasteiger partial charge in [-0.15, -0.1) is 11.3 Å². The Kier molecular flexibility index (Phi) is 4.66. The van der Waals surface area contributed by atoms with Crippen molar-refractivity contribution in [2.24, 2.45) is 0 Å². The molecule has 0 bridgehead atoms. The normalized spacial score (nSPS) is 10.8. The molecule has 0 spiro atoms. The molecule has 5 nitrogen and oxygen atoms in total. The Bertz CT molecular complexity index is 991. The highest BCUT2D eigenvalue weighted by Gasteiger charge is 2.08. The largest absolute Gasteiger partial charge is 0.487 e. The summed E-state index contributed by atoms with van der Waals surface area (Å²) in [5.74, 6) is 0.530. The fraction of sp³-hybridized carbons (Fsp3) is 0.100. The van der Waals surface area contributed by atoms with Gasteiger partial charge >= 0.3 is 0 Å². The first-order valence-corrected chi connectivity index (χ1v) is 9.12. The molecule has 0 aliphatic rings. The van der Waals surface area contributed by atoms with E-state index in [0.29, 0.717) is 24.5 Å². The van der Waals surface area contributed by atoms with Gasteiger partial charge in [-0.2, -0.15) is 0 Å². The van der Waals surface area contributed by atoms with Gasteiger partial charge in [0.25, 0.3) is 5.91 Å². The Morgan fingerprint density at radius 3 is 2.96 bits per heavy atom. The predicted molar refractivity (Wildman–Crippen MR) is 101 cm³/mol. The molecule has 0 radical (unpaired) electrons. The maximum absolute atomic E-state index is 12.3. The Morgan fingerprint density at radius 1 is 1.15 bits per heavy atom. The second-order valence-electron chi connectivity index (χ2n) is 5.78. The average molecular weight is 363 g/mol. The van der Waals surface area contributed by atoms with Gasteiger partial charge in [-0.3, -0.25) is 4.79 Å². The first kappa shape index (κ1) is 16.4. The van der Waals surface area contributed by atoms with Crippen molar-refractivity contribution in [3.63, 3.8) is 0 Å². The van der Waals surface area contributed by atoms with E-state index >= 15 is 0 Å². The van der Waals surface area contributed by atoms with Crippen molar-refractivity contribution in [3.05, 3.63) is 88.5 Å². The fourth-order valence-electron chi connectivity index (χ4n) is 2.62. The zero-order chi connectivity index (χ0) is 17.8. The number of nitrogens with zero attached hydrogens (tertiary/aromatic N) is 2. The van der Waals surface area contributed by atoms with Crippen molar-refractivity contribution in [3.8, 4) is 5.75 Å². The molecule has 1 aromatic carbocycles. The summed E-state index contributed by atoms with van der Waals surface area (Å²) in [4.78, 5) is 17.9. The lowest BCUT2D eigenvalue weighted by atomic mass is 10.2. The van der Waals surface area contributed by atoms with Crippen molar-refractivity contribution in [1.29, 1.82) is 0 Å². The summed E-state index contributed by atoms with van der Waals surface area (Å²) in [6.45, 7) is 0.880. The van der Waals surface area contributed by atoms with Crippen LogP contribution in [-0.4, -0.2) is 15.3 Å². The minimum Gasteiger partial charge on any atom is -0.487 e. The Morgan fingerprint density at radius 2 is 2.12 bits per heavy atom. The van der Waals surface area contributed by atoms with Crippen LogP contribution in [0.2, 0.25) is 0 Å². The summed E-state index contributed by atoms with van der Waals surface area (Å²) in [6.07, 6.45) is 3.89. The van der Waals surface area contributed by atoms with Gasteiger partial charge in [0.1, 0.15) is 18.0 Å². The van der Waals surface area contributed by atoms with Crippen molar-refractivity contribution in [2.45, 2.75) is 13.2 Å². The standard InChI is InChI=1S/C20H17N3O2S/c24-20(21-12-18-7-4-10-26-18)15-5-3-6-17(11-15)25-14-16-13-23-9-2-1-8-19(23)22-16/h1-11,13H,12,14H2,(H,21,24). The number of hydrogen-bond acceptors (Lipinski definition) is 4. The van der Waals surface area contributed by atoms with Gasteiger partial charge in [-0.25, -0.2) is 4.98 Å². The molecule has 0 saturated heterocycles. The molecular formula is C20H17N3O2S. The lowest BCUT2D eigenvalue weighted by Crippen LogP contribution is -2.22. The lowest BCUT2D eigenvalue weighted by molar-refractivity contribution is 0.0951. The van der Waals surface area contributed by atoms with Crippen LogP contribution in [0, 0.1) is 0 Å². The highest BCUT2D eigenvalue weighted by molar-refractivity contribution is 7.09. The molecule has 0 unspecified atom stereocenters. The lowest BCUT2D eigenvalue weighted by Gasteiger charge is -2.07. The number of hydrogen-bond donors (Lipinski definition) is 1. The number of imidazole rings is 1. The van der Waals surface area contributed by atoms with Gasteiger partial charge in [0.15, 0.2) is 0 Å². The van der Waals surface area contributed by atoms with Crippen LogP contribution in [0.15, 0.2) is 72.4 Å². The molecular weight excluding hydrogens is 346 g/mol. The Labute approximate surface area is 154 Å². The summed E-state index contributed by atoms with van der Waals surface area (Å²) in [7, 11) is 0. The summed E-state index contributed by atoms with van der Waals surface area (Å²) < 4.78 is 7.76. The van der Waals surface area contributed by atoms with Gasteiger partial charge in [0, 0.05) is 22.8 Å². The quantitative estimate of drug-likeness (QED) is 0.565. The number of ether oxygens (including phenoxy) is 1. The van der Waals surface area contributed by atoms with Gasteiger partial charge in [-0.1, -0.05) is 18.2 Å². The molecule has 26 heavy (non-hydrogen) atoms. The van der Waals surface area contributed by atoms with Gasteiger partial charge in [-0.05, 0) is 41.8 Å². The van der Waals surface area contributed by atoms with E-state index < -0.39 is 0 Å². The van der Waals surface area contributed by atoms with Crippen molar-refractivity contribution >= 4 is 22.9 Å². The number of nitrogens with one attached hydrogen (secondary N) is 1. The number of pyridine rings is 1. The number of fused-ring (bicyclic) bond motifs is 1. The smallest absolute Gasteiger partial charge is 0.251 e. The Hall–Kier alpha value is -3.12. The van der Waals surface area contributed by atoms with Crippen LogP contribution < -0.4 is 10.1 Å². The minimum atomic E-state index is -0.114. The molecule has 3 heterocycles. The molecule has 0 fully saturated rings. The van der Waals surface area contributed by atoms with Crippen LogP contribution in [0.3, 0.4) is 0 Å². The number of aromatic nitrogens is 2. The molecule has 0 aliphatic carbocycles. The first-order chi connectivity index (χ1) is 12.8. The third kappa shape index (κ3) is 3.75. The van der Waals surface area contributed by atoms with Crippen LogP contribution in [0.5, 0.6) is 5.75 Å². The van der Waals surface area contributed by atoms with Crippen LogP contribution in [-0.2, 0) is 13.2 Å². The van der Waals surface area contributed by atoms with Gasteiger partial charge < -0.3 is 14.5 Å². The van der Waals surface area contributed by atoms with E-state index in [1.54, 1.807) is 23.5 Å². The van der Waals surface area contributed by atoms with Gasteiger partial charge in [0.05, 0.1) is 12.2 Å². The number of carbonyl (C=O) groups excluding carboxylic acids is 1. The third-order valence-electron chi connectivity index (χ3n) is 3.90. The molecule has 0 saturated carbocycles. The predicted octanol–water partition coefficient (Wildman–Crippen LogP) is 3.90.